The average Bonchev–Trinajstić information content (AvgIpc) is 3.74. The molecule has 260 valence electrons. The van der Waals surface area contributed by atoms with Gasteiger partial charge in [-0.2, -0.15) is 0 Å². The highest BCUT2D eigenvalue weighted by Gasteiger charge is 2.70. The Morgan fingerprint density at radius 2 is 1.77 bits per heavy atom. The number of carbonyl (C=O) groups is 5. The fourth-order valence-electron chi connectivity index (χ4n) is 7.86. The summed E-state index contributed by atoms with van der Waals surface area (Å²) in [7, 11) is 0. The maximum Gasteiger partial charge on any atom is 0.316 e. The summed E-state index contributed by atoms with van der Waals surface area (Å²) in [6.45, 7) is 11.8. The van der Waals surface area contributed by atoms with Crippen molar-refractivity contribution < 1.29 is 32.9 Å². The van der Waals surface area contributed by atoms with Gasteiger partial charge >= 0.3 is 6.03 Å². The van der Waals surface area contributed by atoms with Crippen LogP contribution in [0.4, 0.5) is 4.79 Å². The van der Waals surface area contributed by atoms with Gasteiger partial charge in [0.2, 0.25) is 17.6 Å². The lowest BCUT2D eigenvalue weighted by Crippen LogP contribution is -2.63. The van der Waals surface area contributed by atoms with Crippen molar-refractivity contribution in [2.75, 3.05) is 12.3 Å². The third kappa shape index (κ3) is 7.50. The number of Topliss-reactive ketones (excluding diaryl/α,β-unsaturated/α-hetero) is 1. The van der Waals surface area contributed by atoms with Crippen molar-refractivity contribution >= 4 is 40.7 Å². The standard InChI is InChI=1S/C34H51N5O7S/c1-19-23(12-15-46-19)47(45)18-34(13-8-7-9-14-34)38-31(44)37-27(32(2,3)4)30(43)39-17-21-24(33(21,5)6)25(39)29(42)36-22(16-20-10-11-20)26(40)28(35)41/h12,15,20-22,24-25,27H,7-11,13-14,16-18H2,1-6H3,(H2,35,41)(H,36,42)(H2,37,38,44)/t21?,22?,24?,25-,27+,47?/m0/s1. The zero-order chi connectivity index (χ0) is 34.5. The molecule has 5 amide bonds. The lowest BCUT2D eigenvalue weighted by atomic mass is 9.83. The Hall–Kier alpha value is -3.06. The van der Waals surface area contributed by atoms with Crippen LogP contribution in [0.5, 0.6) is 0 Å². The minimum Gasteiger partial charge on any atom is -0.611 e. The first kappa shape index (κ1) is 35.3. The van der Waals surface area contributed by atoms with Gasteiger partial charge in [0, 0.05) is 12.6 Å². The number of ketones is 1. The summed E-state index contributed by atoms with van der Waals surface area (Å²) in [6.07, 6.45) is 7.80. The molecule has 3 saturated carbocycles. The van der Waals surface area contributed by atoms with Crippen molar-refractivity contribution in [3.05, 3.63) is 18.1 Å². The number of piperidine rings is 1. The predicted octanol–water partition coefficient (Wildman–Crippen LogP) is 2.93. The van der Waals surface area contributed by atoms with E-state index >= 15 is 0 Å². The van der Waals surface area contributed by atoms with Gasteiger partial charge in [-0.3, -0.25) is 19.2 Å². The van der Waals surface area contributed by atoms with Crippen molar-refractivity contribution in [3.63, 3.8) is 0 Å². The van der Waals surface area contributed by atoms with E-state index in [1.807, 2.05) is 20.8 Å². The second-order valence-corrected chi connectivity index (χ2v) is 17.3. The number of primary amides is 1. The molecule has 1 aromatic rings. The quantitative estimate of drug-likeness (QED) is 0.194. The molecule has 5 N–H and O–H groups in total. The maximum absolute atomic E-state index is 14.4. The average molecular weight is 674 g/mol. The Labute approximate surface area is 280 Å². The molecule has 0 radical (unpaired) electrons. The number of hydrogen-bond acceptors (Lipinski definition) is 7. The molecular formula is C34H51N5O7S. The van der Waals surface area contributed by atoms with Crippen LogP contribution in [0.2, 0.25) is 0 Å². The third-order valence-electron chi connectivity index (χ3n) is 10.9. The van der Waals surface area contributed by atoms with Crippen LogP contribution in [-0.2, 0) is 30.4 Å². The van der Waals surface area contributed by atoms with Crippen LogP contribution >= 0.6 is 0 Å². The molecule has 2 heterocycles. The Kier molecular flexibility index (Phi) is 9.82. The van der Waals surface area contributed by atoms with E-state index in [4.69, 9.17) is 10.2 Å². The molecule has 5 rings (SSSR count). The topological polar surface area (TPSA) is 187 Å². The third-order valence-corrected chi connectivity index (χ3v) is 12.7. The Bertz CT molecular complexity index is 1390. The normalized spacial score (nSPS) is 26.4. The predicted molar refractivity (Wildman–Crippen MR) is 175 cm³/mol. The van der Waals surface area contributed by atoms with Gasteiger partial charge in [-0.25, -0.2) is 4.79 Å². The molecule has 1 saturated heterocycles. The summed E-state index contributed by atoms with van der Waals surface area (Å²) in [6, 6.07) is -1.69. The number of rotatable bonds is 12. The number of nitrogens with zero attached hydrogens (tertiary/aromatic N) is 1. The number of carbonyl (C=O) groups excluding carboxylic acids is 5. The first-order valence-corrected chi connectivity index (χ1v) is 18.2. The molecule has 0 aromatic carbocycles. The Balaban J connectivity index is 1.33. The number of urea groups is 1. The molecule has 6 atom stereocenters. The van der Waals surface area contributed by atoms with Crippen LogP contribution in [0, 0.1) is 35.5 Å². The number of furan rings is 1. The van der Waals surface area contributed by atoms with E-state index in [1.165, 1.54) is 6.26 Å². The zero-order valence-corrected chi connectivity index (χ0v) is 29.3. The van der Waals surface area contributed by atoms with Gasteiger partial charge in [0.15, 0.2) is 10.7 Å². The van der Waals surface area contributed by atoms with Gasteiger partial charge in [0.25, 0.3) is 5.91 Å². The van der Waals surface area contributed by atoms with Crippen LogP contribution in [0.3, 0.4) is 0 Å². The molecule has 47 heavy (non-hydrogen) atoms. The van der Waals surface area contributed by atoms with Crippen molar-refractivity contribution in [1.82, 2.24) is 20.9 Å². The van der Waals surface area contributed by atoms with Crippen molar-refractivity contribution in [1.29, 1.82) is 0 Å². The molecule has 13 heteroatoms. The highest BCUT2D eigenvalue weighted by Crippen LogP contribution is 2.65. The molecule has 0 spiro atoms. The maximum atomic E-state index is 14.4. The fraction of sp³-hybridized carbons (Fsp3) is 0.735. The molecule has 3 aliphatic carbocycles. The van der Waals surface area contributed by atoms with E-state index in [9.17, 15) is 28.5 Å². The molecule has 1 aromatic heterocycles. The van der Waals surface area contributed by atoms with Gasteiger partial charge in [-0.05, 0) is 65.9 Å². The smallest absolute Gasteiger partial charge is 0.316 e. The number of likely N-dealkylation sites (tertiary alicyclic amines) is 1. The highest BCUT2D eigenvalue weighted by molar-refractivity contribution is 7.91. The van der Waals surface area contributed by atoms with Crippen molar-refractivity contribution in [2.45, 2.75) is 121 Å². The molecule has 0 bridgehead atoms. The fourth-order valence-corrected chi connectivity index (χ4v) is 9.45. The Morgan fingerprint density at radius 1 is 1.11 bits per heavy atom. The van der Waals surface area contributed by atoms with Crippen LogP contribution in [0.15, 0.2) is 21.6 Å². The second kappa shape index (κ2) is 13.1. The largest absolute Gasteiger partial charge is 0.611 e. The number of amides is 5. The number of nitrogens with one attached hydrogen (secondary N) is 3. The summed E-state index contributed by atoms with van der Waals surface area (Å²) in [5.74, 6) is -1.78. The summed E-state index contributed by atoms with van der Waals surface area (Å²) >= 11 is -1.39. The minimum atomic E-state index is -1.39. The molecule has 12 nitrogen and oxygen atoms in total. The van der Waals surface area contributed by atoms with E-state index in [-0.39, 0.29) is 34.8 Å². The van der Waals surface area contributed by atoms with Gasteiger partial charge in [0.05, 0.1) is 17.8 Å². The first-order valence-electron chi connectivity index (χ1n) is 16.9. The molecule has 4 fully saturated rings. The lowest BCUT2D eigenvalue weighted by molar-refractivity contribution is -0.145. The number of nitrogens with two attached hydrogens (primary N) is 1. The molecule has 4 aliphatic rings. The van der Waals surface area contributed by atoms with E-state index in [0.717, 1.165) is 32.1 Å². The van der Waals surface area contributed by atoms with E-state index in [2.05, 4.69) is 29.8 Å². The SMILES string of the molecule is Cc1occc1[S+]([O-])CC1(NC(=O)N[C@H](C(=O)N2CC3C([C@H]2C(=O)NC(CC2CC2)C(=O)C(N)=O)C3(C)C)C(C)(C)C)CCCCC1. The summed E-state index contributed by atoms with van der Waals surface area (Å²) < 4.78 is 18.7. The number of hydrogen-bond donors (Lipinski definition) is 4. The summed E-state index contributed by atoms with van der Waals surface area (Å²) in [5, 5.41) is 8.85. The van der Waals surface area contributed by atoms with Crippen LogP contribution in [0.25, 0.3) is 0 Å². The zero-order valence-electron chi connectivity index (χ0n) is 28.5. The van der Waals surface area contributed by atoms with Gasteiger partial charge < -0.3 is 35.6 Å². The summed E-state index contributed by atoms with van der Waals surface area (Å²) in [4.78, 5) is 68.6. The highest BCUT2D eigenvalue weighted by atomic mass is 32.2. The molecule has 4 unspecified atom stereocenters. The monoisotopic (exact) mass is 673 g/mol. The first-order chi connectivity index (χ1) is 21.9. The van der Waals surface area contributed by atoms with Crippen LogP contribution in [-0.4, -0.2) is 75.0 Å². The summed E-state index contributed by atoms with van der Waals surface area (Å²) in [5.41, 5.74) is 3.70. The van der Waals surface area contributed by atoms with Gasteiger partial charge in [-0.1, -0.05) is 66.7 Å². The number of aryl methyl sites for hydroxylation is 1. The second-order valence-electron chi connectivity index (χ2n) is 15.9. The van der Waals surface area contributed by atoms with Gasteiger partial charge in [0.1, 0.15) is 17.8 Å². The molecular weight excluding hydrogens is 622 g/mol. The van der Waals surface area contributed by atoms with Gasteiger partial charge in [-0.15, -0.1) is 0 Å². The molecule has 1 aliphatic heterocycles. The lowest BCUT2D eigenvalue weighted by Gasteiger charge is -2.40. The van der Waals surface area contributed by atoms with E-state index in [1.54, 1.807) is 17.9 Å². The Morgan fingerprint density at radius 3 is 2.32 bits per heavy atom. The minimum absolute atomic E-state index is 0.0808. The van der Waals surface area contributed by atoms with E-state index in [0.29, 0.717) is 36.5 Å². The number of fused-ring (bicyclic) bond motifs is 1. The van der Waals surface area contributed by atoms with Crippen molar-refractivity contribution in [3.8, 4) is 0 Å². The van der Waals surface area contributed by atoms with Crippen LogP contribution in [0.1, 0.15) is 91.7 Å². The van der Waals surface area contributed by atoms with Crippen LogP contribution < -0.4 is 21.7 Å². The van der Waals surface area contributed by atoms with E-state index < -0.39 is 63.9 Å². The van der Waals surface area contributed by atoms with Crippen molar-refractivity contribution in [2.24, 2.45) is 34.3 Å².